The highest BCUT2D eigenvalue weighted by Gasteiger charge is 2.29. The van der Waals surface area contributed by atoms with Gasteiger partial charge in [0.25, 0.3) is 0 Å². The number of hydrogen-bond acceptors (Lipinski definition) is 3. The largest absolute Gasteiger partial charge is 0.394 e. The fraction of sp³-hybridized carbons (Fsp3) is 0.615. The van der Waals surface area contributed by atoms with Crippen LogP contribution in [0.3, 0.4) is 0 Å². The number of nitrogens with zero attached hydrogens (tertiary/aromatic N) is 1. The zero-order valence-corrected chi connectivity index (χ0v) is 9.82. The molecule has 1 aliphatic rings. The minimum absolute atomic E-state index is 0.119. The zero-order chi connectivity index (χ0) is 11.4. The van der Waals surface area contributed by atoms with Crippen LogP contribution in [0, 0.1) is 0 Å². The lowest BCUT2D eigenvalue weighted by atomic mass is 9.92. The fourth-order valence-electron chi connectivity index (χ4n) is 2.46. The van der Waals surface area contributed by atoms with Crippen LogP contribution in [-0.2, 0) is 5.54 Å². The third-order valence-corrected chi connectivity index (χ3v) is 3.51. The van der Waals surface area contributed by atoms with Crippen LogP contribution in [0.25, 0.3) is 0 Å². The van der Waals surface area contributed by atoms with Gasteiger partial charge in [0.2, 0.25) is 0 Å². The minimum Gasteiger partial charge on any atom is -0.394 e. The van der Waals surface area contributed by atoms with E-state index >= 15 is 0 Å². The van der Waals surface area contributed by atoms with Gasteiger partial charge in [-0.3, -0.25) is 4.98 Å². The Morgan fingerprint density at radius 3 is 2.56 bits per heavy atom. The normalized spacial score (nSPS) is 20.9. The Morgan fingerprint density at radius 2 is 2.00 bits per heavy atom. The summed E-state index contributed by atoms with van der Waals surface area (Å²) < 4.78 is 0. The van der Waals surface area contributed by atoms with Gasteiger partial charge >= 0.3 is 0 Å². The van der Waals surface area contributed by atoms with E-state index in [0.29, 0.717) is 6.04 Å². The molecule has 1 unspecified atom stereocenters. The van der Waals surface area contributed by atoms with E-state index in [9.17, 15) is 5.11 Å². The van der Waals surface area contributed by atoms with Gasteiger partial charge in [-0.15, -0.1) is 0 Å². The molecule has 1 aliphatic carbocycles. The Balaban J connectivity index is 2.12. The molecule has 0 radical (unpaired) electrons. The summed E-state index contributed by atoms with van der Waals surface area (Å²) in [6.45, 7) is 2.17. The Bertz CT molecular complexity index is 322. The monoisotopic (exact) mass is 220 g/mol. The van der Waals surface area contributed by atoms with E-state index in [-0.39, 0.29) is 12.1 Å². The van der Waals surface area contributed by atoms with Crippen molar-refractivity contribution in [3.8, 4) is 0 Å². The molecule has 0 spiro atoms. The standard InChI is InChI=1S/C13H20N2O/c1-13(10-16,11-6-8-14-9-7-11)15-12-4-2-3-5-12/h6-9,12,15-16H,2-5,10H2,1H3. The molecule has 3 nitrogen and oxygen atoms in total. The maximum atomic E-state index is 9.62. The SMILES string of the molecule is CC(CO)(NC1CCCC1)c1ccncc1. The first-order valence-corrected chi connectivity index (χ1v) is 6.04. The molecule has 1 saturated carbocycles. The number of nitrogens with one attached hydrogen (secondary N) is 1. The molecule has 0 bridgehead atoms. The van der Waals surface area contributed by atoms with Gasteiger partial charge in [-0.05, 0) is 37.5 Å². The maximum Gasteiger partial charge on any atom is 0.0652 e. The number of rotatable bonds is 4. The van der Waals surface area contributed by atoms with E-state index in [1.165, 1.54) is 25.7 Å². The smallest absolute Gasteiger partial charge is 0.0652 e. The second-order valence-electron chi connectivity index (χ2n) is 4.85. The van der Waals surface area contributed by atoms with E-state index in [4.69, 9.17) is 0 Å². The van der Waals surface area contributed by atoms with Crippen molar-refractivity contribution >= 4 is 0 Å². The molecule has 1 fully saturated rings. The molecular formula is C13H20N2O. The average molecular weight is 220 g/mol. The van der Waals surface area contributed by atoms with Crippen molar-refractivity contribution in [2.24, 2.45) is 0 Å². The molecule has 2 N–H and O–H groups in total. The molecule has 1 aromatic heterocycles. The second-order valence-corrected chi connectivity index (χ2v) is 4.85. The average Bonchev–Trinajstić information content (AvgIpc) is 2.83. The fourth-order valence-corrected chi connectivity index (χ4v) is 2.46. The van der Waals surface area contributed by atoms with Gasteiger partial charge in [0, 0.05) is 18.4 Å². The van der Waals surface area contributed by atoms with Crippen molar-refractivity contribution in [3.63, 3.8) is 0 Å². The summed E-state index contributed by atoms with van der Waals surface area (Å²) in [6.07, 6.45) is 8.60. The molecule has 2 rings (SSSR count). The number of aliphatic hydroxyl groups excluding tert-OH is 1. The third-order valence-electron chi connectivity index (χ3n) is 3.51. The molecule has 0 saturated heterocycles. The second kappa shape index (κ2) is 4.93. The Morgan fingerprint density at radius 1 is 1.38 bits per heavy atom. The maximum absolute atomic E-state index is 9.62. The molecule has 16 heavy (non-hydrogen) atoms. The lowest BCUT2D eigenvalue weighted by molar-refractivity contribution is 0.161. The quantitative estimate of drug-likeness (QED) is 0.813. The molecule has 3 heteroatoms. The van der Waals surface area contributed by atoms with Crippen LogP contribution >= 0.6 is 0 Å². The first kappa shape index (κ1) is 11.6. The summed E-state index contributed by atoms with van der Waals surface area (Å²) in [7, 11) is 0. The van der Waals surface area contributed by atoms with Gasteiger partial charge in [0.1, 0.15) is 0 Å². The van der Waals surface area contributed by atoms with Crippen molar-refractivity contribution in [1.29, 1.82) is 0 Å². The van der Waals surface area contributed by atoms with Crippen LogP contribution in [0.2, 0.25) is 0 Å². The highest BCUT2D eigenvalue weighted by Crippen LogP contribution is 2.25. The summed E-state index contributed by atoms with van der Waals surface area (Å²) in [6, 6.07) is 4.49. The first-order chi connectivity index (χ1) is 7.74. The number of pyridine rings is 1. The van der Waals surface area contributed by atoms with E-state index in [1.807, 2.05) is 12.1 Å². The van der Waals surface area contributed by atoms with Gasteiger partial charge in [0.05, 0.1) is 12.1 Å². The Kier molecular flexibility index (Phi) is 3.56. The highest BCUT2D eigenvalue weighted by atomic mass is 16.3. The Hall–Kier alpha value is -0.930. The summed E-state index contributed by atoms with van der Waals surface area (Å²) >= 11 is 0. The summed E-state index contributed by atoms with van der Waals surface area (Å²) in [5, 5.41) is 13.2. The van der Waals surface area contributed by atoms with Crippen LogP contribution in [0.5, 0.6) is 0 Å². The van der Waals surface area contributed by atoms with Gasteiger partial charge in [-0.2, -0.15) is 0 Å². The van der Waals surface area contributed by atoms with Gasteiger partial charge in [-0.1, -0.05) is 12.8 Å². The Labute approximate surface area is 96.9 Å². The van der Waals surface area contributed by atoms with Gasteiger partial charge in [-0.25, -0.2) is 0 Å². The van der Waals surface area contributed by atoms with E-state index in [0.717, 1.165) is 5.56 Å². The number of aromatic nitrogens is 1. The lowest BCUT2D eigenvalue weighted by Gasteiger charge is -2.32. The van der Waals surface area contributed by atoms with Crippen molar-refractivity contribution < 1.29 is 5.11 Å². The van der Waals surface area contributed by atoms with E-state index in [1.54, 1.807) is 12.4 Å². The summed E-state index contributed by atoms with van der Waals surface area (Å²) in [4.78, 5) is 4.02. The lowest BCUT2D eigenvalue weighted by Crippen LogP contribution is -2.47. The summed E-state index contributed by atoms with van der Waals surface area (Å²) in [5.74, 6) is 0. The van der Waals surface area contributed by atoms with Crippen LogP contribution in [0.15, 0.2) is 24.5 Å². The van der Waals surface area contributed by atoms with Crippen LogP contribution in [0.4, 0.5) is 0 Å². The molecular weight excluding hydrogens is 200 g/mol. The number of aliphatic hydroxyl groups is 1. The molecule has 0 aliphatic heterocycles. The highest BCUT2D eigenvalue weighted by molar-refractivity contribution is 5.21. The third kappa shape index (κ3) is 2.42. The minimum atomic E-state index is -0.335. The predicted molar refractivity (Wildman–Crippen MR) is 64.1 cm³/mol. The van der Waals surface area contributed by atoms with Crippen LogP contribution in [-0.4, -0.2) is 22.7 Å². The molecule has 1 heterocycles. The molecule has 1 atom stereocenters. The zero-order valence-electron chi connectivity index (χ0n) is 9.82. The van der Waals surface area contributed by atoms with Crippen molar-refractivity contribution in [2.45, 2.75) is 44.2 Å². The summed E-state index contributed by atoms with van der Waals surface area (Å²) in [5.41, 5.74) is 0.773. The van der Waals surface area contributed by atoms with E-state index in [2.05, 4.69) is 17.2 Å². The molecule has 0 amide bonds. The van der Waals surface area contributed by atoms with Crippen molar-refractivity contribution in [3.05, 3.63) is 30.1 Å². The molecule has 88 valence electrons. The van der Waals surface area contributed by atoms with E-state index < -0.39 is 0 Å². The molecule has 0 aromatic carbocycles. The van der Waals surface area contributed by atoms with Crippen LogP contribution < -0.4 is 5.32 Å². The van der Waals surface area contributed by atoms with Gasteiger partial charge in [0.15, 0.2) is 0 Å². The van der Waals surface area contributed by atoms with Crippen molar-refractivity contribution in [2.75, 3.05) is 6.61 Å². The first-order valence-electron chi connectivity index (χ1n) is 6.04. The van der Waals surface area contributed by atoms with Crippen LogP contribution in [0.1, 0.15) is 38.2 Å². The number of hydrogen-bond donors (Lipinski definition) is 2. The predicted octanol–water partition coefficient (Wildman–Crippen LogP) is 1.82. The molecule has 1 aromatic rings. The topological polar surface area (TPSA) is 45.1 Å². The van der Waals surface area contributed by atoms with Crippen molar-refractivity contribution in [1.82, 2.24) is 10.3 Å². The van der Waals surface area contributed by atoms with Gasteiger partial charge < -0.3 is 10.4 Å².